The second-order valence-corrected chi connectivity index (χ2v) is 6.83. The summed E-state index contributed by atoms with van der Waals surface area (Å²) < 4.78 is 7.88. The zero-order valence-electron chi connectivity index (χ0n) is 16.0. The molecule has 2 heterocycles. The van der Waals surface area contributed by atoms with Crippen molar-refractivity contribution in [3.05, 3.63) is 35.9 Å². The number of ether oxygens (including phenoxy) is 1. The van der Waals surface area contributed by atoms with E-state index in [1.807, 2.05) is 38.1 Å². The Hall–Kier alpha value is -1.84. The number of nitrogens with two attached hydrogens (primary N) is 1. The van der Waals surface area contributed by atoms with Crippen LogP contribution in [0.15, 0.2) is 29.3 Å². The monoisotopic (exact) mass is 484 g/mol. The number of aliphatic imine (C=N–C) groups is 1. The van der Waals surface area contributed by atoms with E-state index in [1.54, 1.807) is 0 Å². The van der Waals surface area contributed by atoms with Gasteiger partial charge in [-0.2, -0.15) is 0 Å². The number of hydrogen-bond donors (Lipinski definition) is 2. The molecule has 0 radical (unpaired) electrons. The standard InChI is InChI=1S/C19H28N6O.HI/c1-14(2)26-16-9-7-15(8-10-16)22-19(20)21-12-11-18-24-23-17-6-4-3-5-13-25(17)18;/h7-10,14H,3-6,11-13H2,1-2H3,(H3,20,21,22);1H. The van der Waals surface area contributed by atoms with Crippen molar-refractivity contribution in [2.24, 2.45) is 10.7 Å². The summed E-state index contributed by atoms with van der Waals surface area (Å²) in [5.74, 6) is 3.36. The molecule has 0 unspecified atom stereocenters. The van der Waals surface area contributed by atoms with Crippen LogP contribution >= 0.6 is 24.0 Å². The van der Waals surface area contributed by atoms with Gasteiger partial charge in [-0.1, -0.05) is 6.42 Å². The number of rotatable bonds is 6. The number of nitrogens with zero attached hydrogens (tertiary/aromatic N) is 4. The van der Waals surface area contributed by atoms with Crippen molar-refractivity contribution in [2.45, 2.75) is 58.6 Å². The minimum atomic E-state index is 0. The Kier molecular flexibility index (Phi) is 8.33. The number of benzene rings is 1. The molecule has 2 aromatic rings. The van der Waals surface area contributed by atoms with Crippen molar-refractivity contribution in [1.29, 1.82) is 0 Å². The van der Waals surface area contributed by atoms with Crippen LogP contribution in [0.25, 0.3) is 0 Å². The Morgan fingerprint density at radius 2 is 2.00 bits per heavy atom. The van der Waals surface area contributed by atoms with Crippen LogP contribution in [0.4, 0.5) is 5.69 Å². The average Bonchev–Trinajstić information content (AvgIpc) is 2.83. The predicted octanol–water partition coefficient (Wildman–Crippen LogP) is 3.38. The predicted molar refractivity (Wildman–Crippen MR) is 119 cm³/mol. The average molecular weight is 484 g/mol. The molecule has 0 saturated carbocycles. The number of aryl methyl sites for hydroxylation is 1. The molecule has 0 atom stereocenters. The maximum atomic E-state index is 5.99. The first kappa shape index (κ1) is 21.5. The summed E-state index contributed by atoms with van der Waals surface area (Å²) in [6.07, 6.45) is 5.59. The fourth-order valence-corrected chi connectivity index (χ4v) is 3.08. The van der Waals surface area contributed by atoms with Crippen molar-refractivity contribution in [2.75, 3.05) is 11.9 Å². The lowest BCUT2D eigenvalue weighted by Gasteiger charge is -2.11. The fraction of sp³-hybridized carbons (Fsp3) is 0.526. The Morgan fingerprint density at radius 1 is 1.22 bits per heavy atom. The van der Waals surface area contributed by atoms with E-state index >= 15 is 0 Å². The molecular weight excluding hydrogens is 455 g/mol. The van der Waals surface area contributed by atoms with Gasteiger partial charge < -0.3 is 20.4 Å². The molecular formula is C19H29IN6O. The van der Waals surface area contributed by atoms with Crippen LogP contribution < -0.4 is 15.8 Å². The van der Waals surface area contributed by atoms with Crippen LogP contribution in [0.5, 0.6) is 5.75 Å². The summed E-state index contributed by atoms with van der Waals surface area (Å²) in [6, 6.07) is 7.69. The largest absolute Gasteiger partial charge is 0.491 e. The zero-order valence-corrected chi connectivity index (χ0v) is 18.3. The number of fused-ring (bicyclic) bond motifs is 1. The number of halogens is 1. The third-order valence-electron chi connectivity index (χ3n) is 4.30. The summed E-state index contributed by atoms with van der Waals surface area (Å²) in [4.78, 5) is 4.41. The molecule has 1 aromatic carbocycles. The van der Waals surface area contributed by atoms with Gasteiger partial charge in [0.1, 0.15) is 17.4 Å². The second kappa shape index (κ2) is 10.5. The molecule has 0 bridgehead atoms. The van der Waals surface area contributed by atoms with Gasteiger partial charge >= 0.3 is 0 Å². The number of guanidine groups is 1. The molecule has 0 spiro atoms. The van der Waals surface area contributed by atoms with E-state index in [2.05, 4.69) is 25.1 Å². The molecule has 7 nitrogen and oxygen atoms in total. The molecule has 148 valence electrons. The van der Waals surface area contributed by atoms with Gasteiger partial charge in [0.25, 0.3) is 0 Å². The number of hydrogen-bond acceptors (Lipinski definition) is 4. The quantitative estimate of drug-likeness (QED) is 0.373. The number of nitrogens with one attached hydrogen (secondary N) is 1. The minimum Gasteiger partial charge on any atom is -0.491 e. The Morgan fingerprint density at radius 3 is 2.74 bits per heavy atom. The summed E-state index contributed by atoms with van der Waals surface area (Å²) >= 11 is 0. The third-order valence-corrected chi connectivity index (χ3v) is 4.30. The van der Waals surface area contributed by atoms with Gasteiger partial charge in [-0.05, 0) is 51.0 Å². The van der Waals surface area contributed by atoms with Gasteiger partial charge in [0.2, 0.25) is 0 Å². The van der Waals surface area contributed by atoms with E-state index in [1.165, 1.54) is 19.3 Å². The van der Waals surface area contributed by atoms with Gasteiger partial charge in [-0.25, -0.2) is 0 Å². The van der Waals surface area contributed by atoms with Crippen LogP contribution in [-0.2, 0) is 19.4 Å². The van der Waals surface area contributed by atoms with Gasteiger partial charge in [-0.15, -0.1) is 34.2 Å². The molecule has 1 aromatic heterocycles. The van der Waals surface area contributed by atoms with E-state index in [9.17, 15) is 0 Å². The second-order valence-electron chi connectivity index (χ2n) is 6.83. The van der Waals surface area contributed by atoms with Gasteiger partial charge in [0, 0.05) is 31.6 Å². The van der Waals surface area contributed by atoms with Gasteiger partial charge in [0.05, 0.1) is 6.10 Å². The smallest absolute Gasteiger partial charge is 0.193 e. The Balaban J connectivity index is 0.00000261. The lowest BCUT2D eigenvalue weighted by molar-refractivity contribution is 0.242. The van der Waals surface area contributed by atoms with Crippen molar-refractivity contribution in [3.63, 3.8) is 0 Å². The topological polar surface area (TPSA) is 90.3 Å². The first-order chi connectivity index (χ1) is 12.6. The molecule has 1 aliphatic heterocycles. The summed E-state index contributed by atoms with van der Waals surface area (Å²) in [7, 11) is 0. The first-order valence-electron chi connectivity index (χ1n) is 9.36. The van der Waals surface area contributed by atoms with Crippen molar-refractivity contribution in [1.82, 2.24) is 14.8 Å². The molecule has 3 rings (SSSR count). The van der Waals surface area contributed by atoms with Crippen LogP contribution in [0.1, 0.15) is 44.8 Å². The fourth-order valence-electron chi connectivity index (χ4n) is 3.08. The van der Waals surface area contributed by atoms with Crippen molar-refractivity contribution in [3.8, 4) is 5.75 Å². The Labute approximate surface area is 177 Å². The molecule has 0 amide bonds. The van der Waals surface area contributed by atoms with E-state index in [0.717, 1.165) is 42.5 Å². The molecule has 0 aliphatic carbocycles. The highest BCUT2D eigenvalue weighted by Crippen LogP contribution is 2.17. The van der Waals surface area contributed by atoms with Gasteiger partial charge in [-0.3, -0.25) is 4.99 Å². The van der Waals surface area contributed by atoms with Crippen LogP contribution in [0.2, 0.25) is 0 Å². The van der Waals surface area contributed by atoms with Crippen LogP contribution in [-0.4, -0.2) is 33.4 Å². The molecule has 0 saturated heterocycles. The Bertz CT molecular complexity index is 741. The molecule has 27 heavy (non-hydrogen) atoms. The lowest BCUT2D eigenvalue weighted by Crippen LogP contribution is -2.23. The highest BCUT2D eigenvalue weighted by Gasteiger charge is 2.14. The lowest BCUT2D eigenvalue weighted by atomic mass is 10.2. The minimum absolute atomic E-state index is 0. The summed E-state index contributed by atoms with van der Waals surface area (Å²) in [5, 5.41) is 11.7. The van der Waals surface area contributed by atoms with E-state index in [-0.39, 0.29) is 30.1 Å². The molecule has 1 aliphatic rings. The summed E-state index contributed by atoms with van der Waals surface area (Å²) in [5.41, 5.74) is 6.88. The van der Waals surface area contributed by atoms with Crippen molar-refractivity contribution < 1.29 is 4.74 Å². The number of aromatic nitrogens is 3. The van der Waals surface area contributed by atoms with E-state index in [4.69, 9.17) is 10.5 Å². The normalized spacial score (nSPS) is 14.3. The summed E-state index contributed by atoms with van der Waals surface area (Å²) in [6.45, 7) is 5.61. The maximum Gasteiger partial charge on any atom is 0.193 e. The molecule has 0 fully saturated rings. The van der Waals surface area contributed by atoms with Gasteiger partial charge in [0.15, 0.2) is 5.96 Å². The molecule has 3 N–H and O–H groups in total. The van der Waals surface area contributed by atoms with E-state index < -0.39 is 0 Å². The van der Waals surface area contributed by atoms with E-state index in [0.29, 0.717) is 12.5 Å². The first-order valence-corrected chi connectivity index (χ1v) is 9.36. The SMILES string of the molecule is CC(C)Oc1ccc(NC(N)=NCCc2nnc3n2CCCCC3)cc1.I. The maximum absolute atomic E-state index is 5.99. The zero-order chi connectivity index (χ0) is 18.4. The van der Waals surface area contributed by atoms with Crippen LogP contribution in [0.3, 0.4) is 0 Å². The molecule has 8 heteroatoms. The number of anilines is 1. The third kappa shape index (κ3) is 6.37. The highest BCUT2D eigenvalue weighted by molar-refractivity contribution is 14.0. The highest BCUT2D eigenvalue weighted by atomic mass is 127. The van der Waals surface area contributed by atoms with Crippen molar-refractivity contribution >= 4 is 35.6 Å². The van der Waals surface area contributed by atoms with Crippen LogP contribution in [0, 0.1) is 0 Å².